The van der Waals surface area contributed by atoms with Crippen molar-refractivity contribution in [3.8, 4) is 5.75 Å². The van der Waals surface area contributed by atoms with Gasteiger partial charge in [-0.25, -0.2) is 0 Å². The van der Waals surface area contributed by atoms with Crippen LogP contribution in [0.1, 0.15) is 43.1 Å². The third-order valence-electron chi connectivity index (χ3n) is 4.68. The second kappa shape index (κ2) is 12.9. The van der Waals surface area contributed by atoms with Crippen molar-refractivity contribution < 1.29 is 29.0 Å². The van der Waals surface area contributed by atoms with E-state index in [0.717, 1.165) is 5.69 Å². The number of Topliss-reactive ketones (excluding diaryl/α,β-unsaturated/α-hetero) is 1. The van der Waals surface area contributed by atoms with Gasteiger partial charge in [0.25, 0.3) is 0 Å². The molecular weight excluding hydrogens is 412 g/mol. The highest BCUT2D eigenvalue weighted by molar-refractivity contribution is 6.09. The summed E-state index contributed by atoms with van der Waals surface area (Å²) in [7, 11) is 1.84. The molecular formula is C24H30N2O6. The Morgan fingerprint density at radius 1 is 0.938 bits per heavy atom. The lowest BCUT2D eigenvalue weighted by molar-refractivity contribution is -0.143. The summed E-state index contributed by atoms with van der Waals surface area (Å²) in [5.41, 5.74) is 6.94. The van der Waals surface area contributed by atoms with Crippen molar-refractivity contribution in [3.05, 3.63) is 59.7 Å². The van der Waals surface area contributed by atoms with Crippen molar-refractivity contribution in [1.29, 1.82) is 0 Å². The number of amides is 1. The number of carboxylic acids is 1. The van der Waals surface area contributed by atoms with Crippen LogP contribution in [0.4, 0.5) is 5.69 Å². The molecule has 0 aliphatic rings. The Labute approximate surface area is 187 Å². The molecule has 0 radical (unpaired) electrons. The lowest BCUT2D eigenvalue weighted by atomic mass is 10.0. The normalized spacial score (nSPS) is 11.9. The van der Waals surface area contributed by atoms with E-state index in [1.807, 2.05) is 26.1 Å². The zero-order valence-corrected chi connectivity index (χ0v) is 18.8. The number of ether oxygens (including phenoxy) is 1. The van der Waals surface area contributed by atoms with E-state index in [0.29, 0.717) is 23.5 Å². The third-order valence-corrected chi connectivity index (χ3v) is 4.68. The van der Waals surface area contributed by atoms with Gasteiger partial charge in [0.2, 0.25) is 5.91 Å². The Morgan fingerprint density at radius 3 is 1.81 bits per heavy atom. The number of rotatable bonds is 10. The van der Waals surface area contributed by atoms with E-state index in [9.17, 15) is 19.2 Å². The fourth-order valence-electron chi connectivity index (χ4n) is 2.39. The summed E-state index contributed by atoms with van der Waals surface area (Å²) in [4.78, 5) is 43.7. The van der Waals surface area contributed by atoms with Crippen LogP contribution in [0, 0.1) is 11.8 Å². The summed E-state index contributed by atoms with van der Waals surface area (Å²) in [5, 5.41) is 11.2. The first-order chi connectivity index (χ1) is 15.0. The fourth-order valence-corrected chi connectivity index (χ4v) is 2.39. The average Bonchev–Trinajstić information content (AvgIpc) is 2.77. The minimum absolute atomic E-state index is 0.0312. The number of ketones is 2. The second-order valence-electron chi connectivity index (χ2n) is 7.41. The summed E-state index contributed by atoms with van der Waals surface area (Å²) in [6, 6.07) is 14.3. The van der Waals surface area contributed by atoms with Gasteiger partial charge < -0.3 is 20.9 Å². The smallest absolute Gasteiger partial charge is 0.306 e. The Hall–Kier alpha value is -3.68. The third kappa shape index (κ3) is 8.99. The van der Waals surface area contributed by atoms with Gasteiger partial charge in [0.15, 0.2) is 5.78 Å². The van der Waals surface area contributed by atoms with Gasteiger partial charge in [-0.2, -0.15) is 0 Å². The van der Waals surface area contributed by atoms with E-state index < -0.39 is 17.8 Å². The van der Waals surface area contributed by atoms with Crippen LogP contribution in [0.2, 0.25) is 0 Å². The number of carbonyl (C=O) groups excluding carboxylic acids is 3. The van der Waals surface area contributed by atoms with E-state index in [-0.39, 0.29) is 23.9 Å². The van der Waals surface area contributed by atoms with Crippen molar-refractivity contribution in [3.63, 3.8) is 0 Å². The summed E-state index contributed by atoms with van der Waals surface area (Å²) in [6.45, 7) is 5.16. The number of aliphatic carboxylic acids is 1. The SMILES string of the molecule is CC(CC(N)=O)C(=O)O.CNc1ccc(C(=O)c2ccc(OCC(C)C(C)=O)cc2)cc1. The number of nitrogens with two attached hydrogens (primary N) is 1. The Bertz CT molecular complexity index is 923. The summed E-state index contributed by atoms with van der Waals surface area (Å²) < 4.78 is 5.56. The minimum Gasteiger partial charge on any atom is -0.493 e. The molecule has 0 saturated carbocycles. The van der Waals surface area contributed by atoms with Crippen LogP contribution < -0.4 is 15.8 Å². The minimum atomic E-state index is -0.992. The standard InChI is InChI=1S/C19H21NO3.C5H9NO3/c1-13(14(2)21)12-23-18-10-6-16(7-11-18)19(22)15-4-8-17(20-3)9-5-15;1-3(5(8)9)2-4(6)7/h4-11,13,20H,12H2,1-3H3;3H,2H2,1H3,(H2,6,7)(H,8,9). The summed E-state index contributed by atoms with van der Waals surface area (Å²) in [5.74, 6) is -1.65. The first kappa shape index (κ1) is 26.4. The summed E-state index contributed by atoms with van der Waals surface area (Å²) in [6.07, 6.45) is -0.0880. The monoisotopic (exact) mass is 442 g/mol. The fraction of sp³-hybridized carbons (Fsp3) is 0.333. The highest BCUT2D eigenvalue weighted by atomic mass is 16.5. The van der Waals surface area contributed by atoms with Crippen molar-refractivity contribution in [2.24, 2.45) is 17.6 Å². The molecule has 8 heteroatoms. The molecule has 0 spiro atoms. The lowest BCUT2D eigenvalue weighted by Crippen LogP contribution is -2.19. The van der Waals surface area contributed by atoms with E-state index in [4.69, 9.17) is 15.6 Å². The van der Waals surface area contributed by atoms with Crippen LogP contribution in [0.5, 0.6) is 5.75 Å². The number of hydrogen-bond donors (Lipinski definition) is 3. The largest absolute Gasteiger partial charge is 0.493 e. The van der Waals surface area contributed by atoms with Crippen LogP contribution in [-0.4, -0.2) is 42.2 Å². The Balaban J connectivity index is 0.000000482. The summed E-state index contributed by atoms with van der Waals surface area (Å²) >= 11 is 0. The maximum atomic E-state index is 12.4. The lowest BCUT2D eigenvalue weighted by Gasteiger charge is -2.10. The molecule has 1 amide bonds. The molecule has 0 saturated heterocycles. The molecule has 8 nitrogen and oxygen atoms in total. The molecule has 0 aliphatic carbocycles. The molecule has 0 fully saturated rings. The number of carbonyl (C=O) groups is 4. The van der Waals surface area contributed by atoms with Gasteiger partial charge in [-0.15, -0.1) is 0 Å². The molecule has 2 unspecified atom stereocenters. The molecule has 0 heterocycles. The Kier molecular flexibility index (Phi) is 10.6. The predicted octanol–water partition coefficient (Wildman–Crippen LogP) is 3.15. The molecule has 2 aromatic carbocycles. The molecule has 172 valence electrons. The first-order valence-corrected chi connectivity index (χ1v) is 10.1. The number of primary amides is 1. The number of hydrogen-bond acceptors (Lipinski definition) is 6. The van der Waals surface area contributed by atoms with E-state index in [1.165, 1.54) is 6.92 Å². The van der Waals surface area contributed by atoms with Crippen molar-refractivity contribution in [1.82, 2.24) is 0 Å². The van der Waals surface area contributed by atoms with Crippen LogP contribution in [0.25, 0.3) is 0 Å². The molecule has 32 heavy (non-hydrogen) atoms. The zero-order valence-electron chi connectivity index (χ0n) is 18.8. The number of anilines is 1. The highest BCUT2D eigenvalue weighted by Crippen LogP contribution is 2.17. The van der Waals surface area contributed by atoms with Gasteiger partial charge in [0, 0.05) is 36.2 Å². The number of nitrogens with one attached hydrogen (secondary N) is 1. The van der Waals surface area contributed by atoms with E-state index in [1.54, 1.807) is 43.3 Å². The van der Waals surface area contributed by atoms with Gasteiger partial charge in [0.1, 0.15) is 11.5 Å². The highest BCUT2D eigenvalue weighted by Gasteiger charge is 2.13. The topological polar surface area (TPSA) is 136 Å². The molecule has 2 aromatic rings. The maximum Gasteiger partial charge on any atom is 0.306 e. The van der Waals surface area contributed by atoms with E-state index in [2.05, 4.69) is 5.32 Å². The van der Waals surface area contributed by atoms with Gasteiger partial charge in [-0.1, -0.05) is 13.8 Å². The molecule has 4 N–H and O–H groups in total. The molecule has 2 atom stereocenters. The second-order valence-corrected chi connectivity index (χ2v) is 7.41. The van der Waals surface area contributed by atoms with Crippen LogP contribution in [0.3, 0.4) is 0 Å². The number of carboxylic acid groups (broad SMARTS) is 1. The van der Waals surface area contributed by atoms with Gasteiger partial charge in [0.05, 0.1) is 12.5 Å². The van der Waals surface area contributed by atoms with E-state index >= 15 is 0 Å². The van der Waals surface area contributed by atoms with Crippen LogP contribution in [-0.2, 0) is 14.4 Å². The molecule has 0 aliphatic heterocycles. The van der Waals surface area contributed by atoms with Crippen LogP contribution in [0.15, 0.2) is 48.5 Å². The predicted molar refractivity (Wildman–Crippen MR) is 122 cm³/mol. The van der Waals surface area contributed by atoms with Crippen molar-refractivity contribution in [2.75, 3.05) is 19.0 Å². The van der Waals surface area contributed by atoms with Crippen LogP contribution >= 0.6 is 0 Å². The average molecular weight is 443 g/mol. The maximum absolute atomic E-state index is 12.4. The molecule has 2 rings (SSSR count). The molecule has 0 aromatic heterocycles. The van der Waals surface area contributed by atoms with Gasteiger partial charge in [-0.3, -0.25) is 19.2 Å². The zero-order chi connectivity index (χ0) is 24.3. The van der Waals surface area contributed by atoms with Crippen molar-refractivity contribution in [2.45, 2.75) is 27.2 Å². The molecule has 0 bridgehead atoms. The Morgan fingerprint density at radius 2 is 1.44 bits per heavy atom. The quantitative estimate of drug-likeness (QED) is 0.481. The van der Waals surface area contributed by atoms with Gasteiger partial charge in [-0.05, 0) is 55.5 Å². The van der Waals surface area contributed by atoms with Crippen molar-refractivity contribution >= 4 is 29.1 Å². The number of benzene rings is 2. The first-order valence-electron chi connectivity index (χ1n) is 10.1. The van der Waals surface area contributed by atoms with Gasteiger partial charge >= 0.3 is 5.97 Å².